The monoisotopic (exact) mass is 294 g/mol. The maximum absolute atomic E-state index is 12.5. The van der Waals surface area contributed by atoms with Crippen molar-refractivity contribution in [3.63, 3.8) is 0 Å². The molecule has 114 valence electrons. The molecular formula is C14H18N2O5. The number of hydrogen-bond donors (Lipinski definition) is 0. The zero-order chi connectivity index (χ0) is 16.0. The number of rotatable bonds is 6. The Morgan fingerprint density at radius 3 is 2.57 bits per heavy atom. The van der Waals surface area contributed by atoms with Gasteiger partial charge in [0.05, 0.1) is 12.0 Å². The molecule has 0 spiro atoms. The van der Waals surface area contributed by atoms with Crippen molar-refractivity contribution < 1.29 is 19.2 Å². The average molecular weight is 294 g/mol. The Morgan fingerprint density at radius 2 is 2.05 bits per heavy atom. The highest BCUT2D eigenvalue weighted by atomic mass is 16.6. The van der Waals surface area contributed by atoms with Crippen LogP contribution in [-0.2, 0) is 9.53 Å². The van der Waals surface area contributed by atoms with Gasteiger partial charge in [-0.15, -0.1) is 0 Å². The second-order valence-corrected chi connectivity index (χ2v) is 4.51. The molecule has 0 aliphatic heterocycles. The molecule has 0 N–H and O–H groups in total. The molecule has 1 amide bonds. The first-order chi connectivity index (χ1) is 9.92. The standard InChI is InChI=1S/C14H18N2O5/c1-4-8-15(9-13(17)21-3)14(18)11-6-5-7-12(10(11)2)16(19)20/h5-7H,4,8-9H2,1-3H3. The number of esters is 1. The highest BCUT2D eigenvalue weighted by Gasteiger charge is 2.23. The molecule has 0 saturated carbocycles. The molecule has 0 saturated heterocycles. The second kappa shape index (κ2) is 7.37. The van der Waals surface area contributed by atoms with Crippen molar-refractivity contribution in [2.45, 2.75) is 20.3 Å². The van der Waals surface area contributed by atoms with E-state index in [1.54, 1.807) is 0 Å². The maximum atomic E-state index is 12.5. The molecule has 1 aromatic rings. The Hall–Kier alpha value is -2.44. The molecule has 0 fully saturated rings. The summed E-state index contributed by atoms with van der Waals surface area (Å²) in [5, 5.41) is 10.9. The van der Waals surface area contributed by atoms with Crippen LogP contribution < -0.4 is 0 Å². The third kappa shape index (κ3) is 4.01. The lowest BCUT2D eigenvalue weighted by atomic mass is 10.1. The van der Waals surface area contributed by atoms with Crippen molar-refractivity contribution in [2.24, 2.45) is 0 Å². The molecule has 0 bridgehead atoms. The second-order valence-electron chi connectivity index (χ2n) is 4.51. The quantitative estimate of drug-likeness (QED) is 0.454. The van der Waals surface area contributed by atoms with E-state index in [0.717, 1.165) is 0 Å². The van der Waals surface area contributed by atoms with Gasteiger partial charge in [-0.1, -0.05) is 13.0 Å². The van der Waals surface area contributed by atoms with Gasteiger partial charge in [-0.25, -0.2) is 0 Å². The van der Waals surface area contributed by atoms with Gasteiger partial charge in [0.15, 0.2) is 0 Å². The van der Waals surface area contributed by atoms with Gasteiger partial charge in [0.2, 0.25) is 0 Å². The van der Waals surface area contributed by atoms with Crippen LogP contribution in [0.15, 0.2) is 18.2 Å². The summed E-state index contributed by atoms with van der Waals surface area (Å²) >= 11 is 0. The van der Waals surface area contributed by atoms with Crippen molar-refractivity contribution >= 4 is 17.6 Å². The first kappa shape index (κ1) is 16.6. The first-order valence-electron chi connectivity index (χ1n) is 6.52. The van der Waals surface area contributed by atoms with Gasteiger partial charge in [0, 0.05) is 23.7 Å². The van der Waals surface area contributed by atoms with Crippen LogP contribution >= 0.6 is 0 Å². The number of ether oxygens (including phenoxy) is 1. The molecule has 7 nitrogen and oxygen atoms in total. The number of benzene rings is 1. The first-order valence-corrected chi connectivity index (χ1v) is 6.52. The fourth-order valence-corrected chi connectivity index (χ4v) is 1.97. The van der Waals surface area contributed by atoms with E-state index in [-0.39, 0.29) is 17.8 Å². The Labute approximate surface area is 122 Å². The fourth-order valence-electron chi connectivity index (χ4n) is 1.97. The van der Waals surface area contributed by atoms with E-state index in [4.69, 9.17) is 0 Å². The highest BCUT2D eigenvalue weighted by Crippen LogP contribution is 2.22. The Bertz CT molecular complexity index is 556. The molecular weight excluding hydrogens is 276 g/mol. The van der Waals surface area contributed by atoms with Gasteiger partial charge < -0.3 is 9.64 Å². The molecule has 0 aromatic heterocycles. The molecule has 1 aromatic carbocycles. The molecule has 0 radical (unpaired) electrons. The Balaban J connectivity index is 3.12. The largest absolute Gasteiger partial charge is 0.468 e. The normalized spacial score (nSPS) is 10.0. The maximum Gasteiger partial charge on any atom is 0.325 e. The summed E-state index contributed by atoms with van der Waals surface area (Å²) in [6, 6.07) is 4.32. The summed E-state index contributed by atoms with van der Waals surface area (Å²) in [6.45, 7) is 3.59. The lowest BCUT2D eigenvalue weighted by Gasteiger charge is -2.21. The number of amides is 1. The molecule has 0 aliphatic rings. The molecule has 0 heterocycles. The van der Waals surface area contributed by atoms with Gasteiger partial charge in [0.1, 0.15) is 6.54 Å². The zero-order valence-electron chi connectivity index (χ0n) is 12.3. The molecule has 0 atom stereocenters. The van der Waals surface area contributed by atoms with Gasteiger partial charge in [-0.2, -0.15) is 0 Å². The minimum atomic E-state index is -0.531. The summed E-state index contributed by atoms with van der Waals surface area (Å²) < 4.78 is 4.56. The lowest BCUT2D eigenvalue weighted by molar-refractivity contribution is -0.385. The smallest absolute Gasteiger partial charge is 0.325 e. The zero-order valence-corrected chi connectivity index (χ0v) is 12.3. The Kier molecular flexibility index (Phi) is 5.83. The minimum Gasteiger partial charge on any atom is -0.468 e. The van der Waals surface area contributed by atoms with Gasteiger partial charge in [-0.3, -0.25) is 19.7 Å². The van der Waals surface area contributed by atoms with Crippen molar-refractivity contribution in [3.8, 4) is 0 Å². The third-order valence-electron chi connectivity index (χ3n) is 3.06. The summed E-state index contributed by atoms with van der Waals surface area (Å²) in [7, 11) is 1.25. The summed E-state index contributed by atoms with van der Waals surface area (Å²) in [5.74, 6) is -0.941. The molecule has 0 unspecified atom stereocenters. The number of carbonyl (C=O) groups excluding carboxylic acids is 2. The summed E-state index contributed by atoms with van der Waals surface area (Å²) in [6.07, 6.45) is 0.663. The van der Waals surface area contributed by atoms with Crippen LogP contribution in [0, 0.1) is 17.0 Å². The van der Waals surface area contributed by atoms with Crippen molar-refractivity contribution in [1.82, 2.24) is 4.90 Å². The number of carbonyl (C=O) groups is 2. The molecule has 21 heavy (non-hydrogen) atoms. The molecule has 0 aliphatic carbocycles. The topological polar surface area (TPSA) is 89.8 Å². The number of nitrogens with zero attached hydrogens (tertiary/aromatic N) is 2. The van der Waals surface area contributed by atoms with Gasteiger partial charge >= 0.3 is 5.97 Å². The predicted molar refractivity (Wildman–Crippen MR) is 76.0 cm³/mol. The van der Waals surface area contributed by atoms with E-state index in [2.05, 4.69) is 4.74 Å². The lowest BCUT2D eigenvalue weighted by Crippen LogP contribution is -2.37. The number of methoxy groups -OCH3 is 1. The van der Waals surface area contributed by atoms with Crippen LogP contribution in [0.4, 0.5) is 5.69 Å². The van der Waals surface area contributed by atoms with Crippen molar-refractivity contribution in [3.05, 3.63) is 39.4 Å². The van der Waals surface area contributed by atoms with Gasteiger partial charge in [0.25, 0.3) is 11.6 Å². The van der Waals surface area contributed by atoms with E-state index in [9.17, 15) is 19.7 Å². The van der Waals surface area contributed by atoms with Crippen LogP contribution in [0.5, 0.6) is 0 Å². The minimum absolute atomic E-state index is 0.115. The molecule has 1 rings (SSSR count). The number of hydrogen-bond acceptors (Lipinski definition) is 5. The van der Waals surface area contributed by atoms with E-state index in [1.165, 1.54) is 37.1 Å². The van der Waals surface area contributed by atoms with E-state index in [0.29, 0.717) is 18.5 Å². The van der Waals surface area contributed by atoms with E-state index in [1.807, 2.05) is 6.92 Å². The molecule has 7 heteroatoms. The Morgan fingerprint density at radius 1 is 1.38 bits per heavy atom. The van der Waals surface area contributed by atoms with Crippen LogP contribution in [0.1, 0.15) is 29.3 Å². The predicted octanol–water partition coefficient (Wildman–Crippen LogP) is 1.93. The van der Waals surface area contributed by atoms with E-state index >= 15 is 0 Å². The fraction of sp³-hybridized carbons (Fsp3) is 0.429. The SMILES string of the molecule is CCCN(CC(=O)OC)C(=O)c1cccc([N+](=O)[O-])c1C. The van der Waals surface area contributed by atoms with Crippen LogP contribution in [0.25, 0.3) is 0 Å². The summed E-state index contributed by atoms with van der Waals surface area (Å²) in [4.78, 5) is 35.6. The van der Waals surface area contributed by atoms with Crippen LogP contribution in [0.3, 0.4) is 0 Å². The van der Waals surface area contributed by atoms with Gasteiger partial charge in [-0.05, 0) is 19.4 Å². The van der Waals surface area contributed by atoms with Crippen LogP contribution in [-0.4, -0.2) is 41.9 Å². The van der Waals surface area contributed by atoms with Crippen LogP contribution in [0.2, 0.25) is 0 Å². The highest BCUT2D eigenvalue weighted by molar-refractivity contribution is 5.98. The third-order valence-corrected chi connectivity index (χ3v) is 3.06. The number of nitro benzene ring substituents is 1. The van der Waals surface area contributed by atoms with Crippen molar-refractivity contribution in [1.29, 1.82) is 0 Å². The van der Waals surface area contributed by atoms with E-state index < -0.39 is 16.8 Å². The summed E-state index contributed by atoms with van der Waals surface area (Å²) in [5.41, 5.74) is 0.399. The van der Waals surface area contributed by atoms with Crippen molar-refractivity contribution in [2.75, 3.05) is 20.2 Å². The average Bonchev–Trinajstić information content (AvgIpc) is 2.45. The number of nitro groups is 1.